The lowest BCUT2D eigenvalue weighted by Gasteiger charge is -2.49. The van der Waals surface area contributed by atoms with E-state index in [9.17, 15) is 5.11 Å². The molecule has 0 saturated heterocycles. The zero-order valence-corrected chi connectivity index (χ0v) is 20.2. The number of fused-ring (bicyclic) bond motifs is 7. The van der Waals surface area contributed by atoms with E-state index >= 15 is 0 Å². The molecule has 30 heavy (non-hydrogen) atoms. The van der Waals surface area contributed by atoms with Gasteiger partial charge in [-0.1, -0.05) is 52.0 Å². The van der Waals surface area contributed by atoms with Crippen molar-refractivity contribution in [3.8, 4) is 16.9 Å². The maximum atomic E-state index is 11.3. The van der Waals surface area contributed by atoms with E-state index in [0.717, 1.165) is 10.8 Å². The summed E-state index contributed by atoms with van der Waals surface area (Å²) < 4.78 is 0. The molecule has 1 N–H and O–H groups in total. The maximum Gasteiger partial charge on any atom is 0.123 e. The molecule has 0 aromatic heterocycles. The van der Waals surface area contributed by atoms with Gasteiger partial charge in [-0.05, 0) is 81.3 Å². The molecule has 0 amide bonds. The Hall–Kier alpha value is -1.58. The van der Waals surface area contributed by atoms with E-state index in [1.807, 2.05) is 0 Å². The summed E-state index contributed by atoms with van der Waals surface area (Å²) in [5.41, 5.74) is 6.71. The molecule has 0 heterocycles. The van der Waals surface area contributed by atoms with E-state index in [2.05, 4.69) is 89.0 Å². The van der Waals surface area contributed by atoms with Crippen LogP contribution in [0.5, 0.6) is 5.75 Å². The number of thiol groups is 1. The smallest absolute Gasteiger partial charge is 0.123 e. The van der Waals surface area contributed by atoms with Crippen molar-refractivity contribution in [1.29, 1.82) is 0 Å². The van der Waals surface area contributed by atoms with Crippen molar-refractivity contribution in [2.24, 2.45) is 10.8 Å². The molecular weight excluding hydrogens is 404 g/mol. The minimum atomic E-state index is -0.114. The van der Waals surface area contributed by atoms with Gasteiger partial charge in [0.05, 0.1) is 0 Å². The molecule has 5 rings (SSSR count). The van der Waals surface area contributed by atoms with Crippen LogP contribution in [-0.4, -0.2) is 11.4 Å². The van der Waals surface area contributed by atoms with Crippen molar-refractivity contribution < 1.29 is 5.11 Å². The van der Waals surface area contributed by atoms with Gasteiger partial charge in [-0.3, -0.25) is 0 Å². The molecule has 156 valence electrons. The Morgan fingerprint density at radius 1 is 0.933 bits per heavy atom. The van der Waals surface area contributed by atoms with Gasteiger partial charge in [0.2, 0.25) is 0 Å². The molecule has 0 atom stereocenters. The fourth-order valence-corrected chi connectivity index (χ4v) is 7.92. The highest BCUT2D eigenvalue weighted by Crippen LogP contribution is 2.72. The lowest BCUT2D eigenvalue weighted by atomic mass is 9.54. The number of phenols is 1. The topological polar surface area (TPSA) is 20.2 Å². The zero-order chi connectivity index (χ0) is 21.5. The standard InChI is InChI=1S/C27H30OS2/c1-25(2)10-11-26(3,4)27(25)20-9-7-6-8-17(20)24-19-12-16(15-29)23(30-5)13-18(19)22(28)14-21(24)27/h6-9,12-14,28-29H,10-11,15H2,1-5H3. The molecule has 2 aliphatic rings. The number of hydrogen-bond acceptors (Lipinski definition) is 3. The molecular formula is C27H30OS2. The Bertz CT molecular complexity index is 1170. The first-order chi connectivity index (χ1) is 14.2. The highest BCUT2D eigenvalue weighted by Gasteiger charge is 2.64. The largest absolute Gasteiger partial charge is 0.507 e. The summed E-state index contributed by atoms with van der Waals surface area (Å²) in [6.45, 7) is 9.69. The second-order valence-corrected chi connectivity index (χ2v) is 11.4. The van der Waals surface area contributed by atoms with E-state index in [0.29, 0.717) is 11.5 Å². The molecule has 1 saturated carbocycles. The molecule has 0 aliphatic heterocycles. The van der Waals surface area contributed by atoms with E-state index in [4.69, 9.17) is 0 Å². The summed E-state index contributed by atoms with van der Waals surface area (Å²) in [5, 5.41) is 13.4. The predicted molar refractivity (Wildman–Crippen MR) is 133 cm³/mol. The van der Waals surface area contributed by atoms with Crippen molar-refractivity contribution in [2.75, 3.05) is 6.26 Å². The minimum absolute atomic E-state index is 0.101. The second-order valence-electron chi connectivity index (χ2n) is 10.2. The third kappa shape index (κ3) is 2.29. The normalized spacial score (nSPS) is 19.9. The van der Waals surface area contributed by atoms with Crippen molar-refractivity contribution in [1.82, 2.24) is 0 Å². The number of phenolic OH excluding ortho intramolecular Hbond substituents is 1. The summed E-state index contributed by atoms with van der Waals surface area (Å²) >= 11 is 6.33. The molecule has 1 fully saturated rings. The SMILES string of the molecule is CSc1cc2c(O)cc3c(c2cc1CS)-c1ccccc1C31C(C)(C)CCC1(C)C. The van der Waals surface area contributed by atoms with Crippen LogP contribution < -0.4 is 0 Å². The van der Waals surface area contributed by atoms with Gasteiger partial charge < -0.3 is 5.11 Å². The molecule has 1 spiro atoms. The Balaban J connectivity index is 2.00. The van der Waals surface area contributed by atoms with Crippen LogP contribution >= 0.6 is 24.4 Å². The Morgan fingerprint density at radius 3 is 2.23 bits per heavy atom. The van der Waals surface area contributed by atoms with Crippen molar-refractivity contribution in [2.45, 2.75) is 56.6 Å². The fourth-order valence-electron chi connectivity index (χ4n) is 6.92. The number of benzene rings is 3. The van der Waals surface area contributed by atoms with Gasteiger partial charge in [0.1, 0.15) is 5.75 Å². The van der Waals surface area contributed by atoms with E-state index in [1.165, 1.54) is 45.6 Å². The van der Waals surface area contributed by atoms with Gasteiger partial charge in [0, 0.05) is 21.4 Å². The minimum Gasteiger partial charge on any atom is -0.507 e. The number of thioether (sulfide) groups is 1. The number of rotatable bonds is 2. The highest BCUT2D eigenvalue weighted by molar-refractivity contribution is 7.98. The molecule has 1 nitrogen and oxygen atoms in total. The lowest BCUT2D eigenvalue weighted by molar-refractivity contribution is 0.150. The van der Waals surface area contributed by atoms with Crippen LogP contribution in [0, 0.1) is 10.8 Å². The van der Waals surface area contributed by atoms with Crippen molar-refractivity contribution in [3.05, 3.63) is 59.2 Å². The summed E-state index contributed by atoms with van der Waals surface area (Å²) in [5.74, 6) is 1.09. The van der Waals surface area contributed by atoms with Gasteiger partial charge in [-0.25, -0.2) is 0 Å². The molecule has 3 aromatic carbocycles. The van der Waals surface area contributed by atoms with Crippen LogP contribution in [0.3, 0.4) is 0 Å². The lowest BCUT2D eigenvalue weighted by Crippen LogP contribution is -2.46. The van der Waals surface area contributed by atoms with Gasteiger partial charge in [0.15, 0.2) is 0 Å². The van der Waals surface area contributed by atoms with Crippen molar-refractivity contribution >= 4 is 35.2 Å². The van der Waals surface area contributed by atoms with Gasteiger partial charge in [0.25, 0.3) is 0 Å². The Kier molecular flexibility index (Phi) is 4.38. The van der Waals surface area contributed by atoms with Gasteiger partial charge >= 0.3 is 0 Å². The summed E-state index contributed by atoms with van der Waals surface area (Å²) in [6.07, 6.45) is 4.45. The average molecular weight is 435 g/mol. The van der Waals surface area contributed by atoms with Gasteiger partial charge in [-0.2, -0.15) is 12.6 Å². The average Bonchev–Trinajstić information content (AvgIpc) is 3.13. The van der Waals surface area contributed by atoms with E-state index in [1.54, 1.807) is 11.8 Å². The van der Waals surface area contributed by atoms with Crippen LogP contribution in [0.2, 0.25) is 0 Å². The van der Waals surface area contributed by atoms with Gasteiger partial charge in [-0.15, -0.1) is 11.8 Å². The molecule has 0 unspecified atom stereocenters. The zero-order valence-electron chi connectivity index (χ0n) is 18.5. The fraction of sp³-hybridized carbons (Fsp3) is 0.407. The van der Waals surface area contributed by atoms with Crippen LogP contribution in [0.15, 0.2) is 47.4 Å². The predicted octanol–water partition coefficient (Wildman–Crippen LogP) is 7.81. The van der Waals surface area contributed by atoms with Crippen LogP contribution in [0.1, 0.15) is 57.2 Å². The molecule has 0 bridgehead atoms. The number of hydrogen-bond donors (Lipinski definition) is 2. The van der Waals surface area contributed by atoms with Crippen LogP contribution in [0.25, 0.3) is 21.9 Å². The monoisotopic (exact) mass is 434 g/mol. The van der Waals surface area contributed by atoms with Crippen LogP contribution in [-0.2, 0) is 11.2 Å². The van der Waals surface area contributed by atoms with Crippen LogP contribution in [0.4, 0.5) is 0 Å². The molecule has 3 heteroatoms. The molecule has 2 aliphatic carbocycles. The third-order valence-corrected chi connectivity index (χ3v) is 9.26. The van der Waals surface area contributed by atoms with E-state index < -0.39 is 0 Å². The van der Waals surface area contributed by atoms with Crippen molar-refractivity contribution in [3.63, 3.8) is 0 Å². The first-order valence-electron chi connectivity index (χ1n) is 10.8. The molecule has 3 aromatic rings. The van der Waals surface area contributed by atoms with E-state index in [-0.39, 0.29) is 16.2 Å². The third-order valence-electron chi connectivity index (χ3n) is 8.10. The number of aromatic hydroxyl groups is 1. The first kappa shape index (κ1) is 20.3. The second kappa shape index (κ2) is 6.46. The summed E-state index contributed by atoms with van der Waals surface area (Å²) in [4.78, 5) is 1.19. The first-order valence-corrected chi connectivity index (χ1v) is 12.6. The maximum absolute atomic E-state index is 11.3. The quantitative estimate of drug-likeness (QED) is 0.317. The Labute approximate surface area is 189 Å². The highest BCUT2D eigenvalue weighted by atomic mass is 32.2. The summed E-state index contributed by atoms with van der Waals surface area (Å²) in [6, 6.07) is 15.5. The Morgan fingerprint density at radius 2 is 1.60 bits per heavy atom. The molecule has 0 radical (unpaired) electrons. The summed E-state index contributed by atoms with van der Waals surface area (Å²) in [7, 11) is 0.